The van der Waals surface area contributed by atoms with Crippen LogP contribution in [0, 0.1) is 5.82 Å². The molecular formula is C11H11F4N3O2. The summed E-state index contributed by atoms with van der Waals surface area (Å²) in [6.07, 6.45) is -4.91. The van der Waals surface area contributed by atoms with E-state index in [1.54, 1.807) is 0 Å². The fraction of sp³-hybridized carbons (Fsp3) is 0.273. The van der Waals surface area contributed by atoms with E-state index >= 15 is 0 Å². The Hall–Kier alpha value is -2.32. The molecule has 1 atom stereocenters. The van der Waals surface area contributed by atoms with Gasteiger partial charge in [-0.15, -0.1) is 0 Å². The first kappa shape index (κ1) is 15.7. The summed E-state index contributed by atoms with van der Waals surface area (Å²) in [6, 6.07) is 1.37. The van der Waals surface area contributed by atoms with Crippen LogP contribution in [0.1, 0.15) is 22.8 Å². The highest BCUT2D eigenvalue weighted by molar-refractivity contribution is 5.98. The average Bonchev–Trinajstić information content (AvgIpc) is 2.36. The maximum atomic E-state index is 13.7. The van der Waals surface area contributed by atoms with Crippen LogP contribution in [0.3, 0.4) is 0 Å². The highest BCUT2D eigenvalue weighted by Crippen LogP contribution is 2.32. The van der Waals surface area contributed by atoms with E-state index < -0.39 is 35.1 Å². The Morgan fingerprint density at radius 3 is 2.55 bits per heavy atom. The Morgan fingerprint density at radius 2 is 2.05 bits per heavy atom. The second kappa shape index (κ2) is 5.76. The Kier molecular flexibility index (Phi) is 4.53. The molecule has 0 bridgehead atoms. The summed E-state index contributed by atoms with van der Waals surface area (Å²) in [7, 11) is 0. The van der Waals surface area contributed by atoms with Crippen molar-refractivity contribution >= 4 is 11.7 Å². The lowest BCUT2D eigenvalue weighted by atomic mass is 10.1. The molecule has 0 aliphatic carbocycles. The van der Waals surface area contributed by atoms with Crippen molar-refractivity contribution in [1.82, 2.24) is 5.32 Å². The molecule has 0 radical (unpaired) electrons. The molecule has 0 heterocycles. The summed E-state index contributed by atoms with van der Waals surface area (Å²) in [4.78, 5) is 11.7. The number of amidine groups is 1. The number of nitrogens with one attached hydrogen (secondary N) is 1. The van der Waals surface area contributed by atoms with E-state index in [-0.39, 0.29) is 5.84 Å². The highest BCUT2D eigenvalue weighted by atomic mass is 19.4. The van der Waals surface area contributed by atoms with Gasteiger partial charge in [0.25, 0.3) is 5.91 Å². The number of hydrogen-bond acceptors (Lipinski definition) is 3. The third-order valence-electron chi connectivity index (χ3n) is 2.46. The number of carbonyl (C=O) groups is 1. The predicted octanol–water partition coefficient (Wildman–Crippen LogP) is 1.71. The SMILES string of the molecule is CC(NC(=O)c1cccc(C(F)(F)F)c1F)/C(N)=N/O. The van der Waals surface area contributed by atoms with Crippen molar-refractivity contribution < 1.29 is 27.6 Å². The largest absolute Gasteiger partial charge is 0.419 e. The smallest absolute Gasteiger partial charge is 0.409 e. The first-order chi connectivity index (χ1) is 9.18. The summed E-state index contributed by atoms with van der Waals surface area (Å²) in [5.41, 5.74) is 2.87. The number of carbonyl (C=O) groups excluding carboxylic acids is 1. The van der Waals surface area contributed by atoms with Crippen LogP contribution >= 0.6 is 0 Å². The van der Waals surface area contributed by atoms with Gasteiger partial charge in [0.05, 0.1) is 17.2 Å². The quantitative estimate of drug-likeness (QED) is 0.261. The van der Waals surface area contributed by atoms with E-state index in [0.717, 1.165) is 12.1 Å². The van der Waals surface area contributed by atoms with Gasteiger partial charge in [0.2, 0.25) is 0 Å². The first-order valence-corrected chi connectivity index (χ1v) is 5.32. The van der Waals surface area contributed by atoms with Crippen LogP contribution in [0.5, 0.6) is 0 Å². The van der Waals surface area contributed by atoms with Crippen LogP contribution < -0.4 is 11.1 Å². The Bertz CT molecular complexity index is 543. The number of nitrogens with two attached hydrogens (primary N) is 1. The van der Waals surface area contributed by atoms with Gasteiger partial charge in [0.15, 0.2) is 5.84 Å². The predicted molar refractivity (Wildman–Crippen MR) is 61.7 cm³/mol. The third kappa shape index (κ3) is 3.37. The van der Waals surface area contributed by atoms with Crippen molar-refractivity contribution in [3.63, 3.8) is 0 Å². The topological polar surface area (TPSA) is 87.7 Å². The minimum absolute atomic E-state index is 0.370. The molecule has 9 heteroatoms. The normalized spacial score (nSPS) is 13.9. The molecule has 0 aliphatic rings. The number of amides is 1. The maximum Gasteiger partial charge on any atom is 0.419 e. The van der Waals surface area contributed by atoms with E-state index in [9.17, 15) is 22.4 Å². The summed E-state index contributed by atoms with van der Waals surface area (Å²) >= 11 is 0. The fourth-order valence-electron chi connectivity index (χ4n) is 1.36. The van der Waals surface area contributed by atoms with Gasteiger partial charge in [0.1, 0.15) is 5.82 Å². The monoisotopic (exact) mass is 293 g/mol. The lowest BCUT2D eigenvalue weighted by Gasteiger charge is -2.14. The molecule has 0 saturated carbocycles. The molecular weight excluding hydrogens is 282 g/mol. The van der Waals surface area contributed by atoms with Crippen LogP contribution in [-0.4, -0.2) is 23.0 Å². The summed E-state index contributed by atoms with van der Waals surface area (Å²) < 4.78 is 51.1. The molecule has 0 aliphatic heterocycles. The molecule has 1 aromatic carbocycles. The van der Waals surface area contributed by atoms with Crippen molar-refractivity contribution in [2.75, 3.05) is 0 Å². The molecule has 0 spiro atoms. The highest BCUT2D eigenvalue weighted by Gasteiger charge is 2.35. The number of benzene rings is 1. The number of nitrogens with zero attached hydrogens (tertiary/aromatic N) is 1. The van der Waals surface area contributed by atoms with Gasteiger partial charge in [-0.05, 0) is 19.1 Å². The number of oxime groups is 1. The van der Waals surface area contributed by atoms with E-state index in [4.69, 9.17) is 10.9 Å². The van der Waals surface area contributed by atoms with Crippen molar-refractivity contribution in [3.8, 4) is 0 Å². The lowest BCUT2D eigenvalue weighted by Crippen LogP contribution is -2.42. The molecule has 5 nitrogen and oxygen atoms in total. The van der Waals surface area contributed by atoms with Gasteiger partial charge in [-0.2, -0.15) is 13.2 Å². The molecule has 1 amide bonds. The molecule has 110 valence electrons. The molecule has 0 fully saturated rings. The molecule has 20 heavy (non-hydrogen) atoms. The molecule has 4 N–H and O–H groups in total. The van der Waals surface area contributed by atoms with Gasteiger partial charge in [0, 0.05) is 0 Å². The zero-order chi connectivity index (χ0) is 15.5. The van der Waals surface area contributed by atoms with E-state index in [1.807, 2.05) is 0 Å². The minimum atomic E-state index is -4.91. The van der Waals surface area contributed by atoms with Crippen molar-refractivity contribution in [2.24, 2.45) is 10.9 Å². The number of halogens is 4. The van der Waals surface area contributed by atoms with Crippen molar-refractivity contribution in [1.29, 1.82) is 0 Å². The van der Waals surface area contributed by atoms with Crippen LogP contribution in [-0.2, 0) is 6.18 Å². The standard InChI is InChI=1S/C11H11F4N3O2/c1-5(9(16)18-20)17-10(19)6-3-2-4-7(8(6)12)11(13,14)15/h2-5,20H,1H3,(H2,16,18)(H,17,19). The zero-order valence-electron chi connectivity index (χ0n) is 10.2. The number of rotatable bonds is 3. The molecule has 1 aromatic rings. The molecule has 1 rings (SSSR count). The summed E-state index contributed by atoms with van der Waals surface area (Å²) in [6.45, 7) is 1.32. The fourth-order valence-corrected chi connectivity index (χ4v) is 1.36. The zero-order valence-corrected chi connectivity index (χ0v) is 10.2. The van der Waals surface area contributed by atoms with E-state index in [1.165, 1.54) is 6.92 Å². The first-order valence-electron chi connectivity index (χ1n) is 5.32. The second-order valence-corrected chi connectivity index (χ2v) is 3.88. The van der Waals surface area contributed by atoms with Crippen LogP contribution in [0.25, 0.3) is 0 Å². The van der Waals surface area contributed by atoms with Crippen LogP contribution in [0.15, 0.2) is 23.4 Å². The van der Waals surface area contributed by atoms with Crippen molar-refractivity contribution in [3.05, 3.63) is 35.1 Å². The maximum absolute atomic E-state index is 13.7. The summed E-state index contributed by atoms with van der Waals surface area (Å²) in [5, 5.41) is 13.1. The average molecular weight is 293 g/mol. The van der Waals surface area contributed by atoms with Gasteiger partial charge >= 0.3 is 6.18 Å². The number of alkyl halides is 3. The van der Waals surface area contributed by atoms with Gasteiger partial charge < -0.3 is 16.3 Å². The van der Waals surface area contributed by atoms with Crippen LogP contribution in [0.2, 0.25) is 0 Å². The molecule has 0 saturated heterocycles. The molecule has 0 aromatic heterocycles. The molecule has 1 unspecified atom stereocenters. The summed E-state index contributed by atoms with van der Waals surface area (Å²) in [5.74, 6) is -3.15. The second-order valence-electron chi connectivity index (χ2n) is 3.88. The lowest BCUT2D eigenvalue weighted by molar-refractivity contribution is -0.140. The van der Waals surface area contributed by atoms with Gasteiger partial charge in [-0.3, -0.25) is 4.79 Å². The van der Waals surface area contributed by atoms with Gasteiger partial charge in [-0.25, -0.2) is 4.39 Å². The minimum Gasteiger partial charge on any atom is -0.409 e. The van der Waals surface area contributed by atoms with E-state index in [0.29, 0.717) is 6.07 Å². The van der Waals surface area contributed by atoms with E-state index in [2.05, 4.69) is 10.5 Å². The Balaban J connectivity index is 3.07. The van der Waals surface area contributed by atoms with Crippen molar-refractivity contribution in [2.45, 2.75) is 19.1 Å². The number of hydrogen-bond donors (Lipinski definition) is 3. The Morgan fingerprint density at radius 1 is 1.45 bits per heavy atom. The Labute approximate surface area is 111 Å². The van der Waals surface area contributed by atoms with Crippen LogP contribution in [0.4, 0.5) is 17.6 Å². The third-order valence-corrected chi connectivity index (χ3v) is 2.46. The van der Waals surface area contributed by atoms with Gasteiger partial charge in [-0.1, -0.05) is 11.2 Å².